The van der Waals surface area contributed by atoms with Gasteiger partial charge in [-0.1, -0.05) is 40.2 Å². The summed E-state index contributed by atoms with van der Waals surface area (Å²) in [6, 6.07) is 6.09. The highest BCUT2D eigenvalue weighted by molar-refractivity contribution is 6.74. The maximum Gasteiger partial charge on any atom is 0.250 e. The Morgan fingerprint density at radius 2 is 1.79 bits per heavy atom. The van der Waals surface area contributed by atoms with Gasteiger partial charge in [-0.25, -0.2) is 0 Å². The number of aliphatic hydroxyl groups excluding tert-OH is 1. The third-order valence-corrected chi connectivity index (χ3v) is 8.40. The van der Waals surface area contributed by atoms with Gasteiger partial charge in [-0.3, -0.25) is 0 Å². The monoisotopic (exact) mass is 280 g/mol. The van der Waals surface area contributed by atoms with Crippen molar-refractivity contribution in [3.8, 4) is 5.75 Å². The molecule has 0 unspecified atom stereocenters. The van der Waals surface area contributed by atoms with Crippen LogP contribution in [0.2, 0.25) is 18.1 Å². The third-order valence-electron chi connectivity index (χ3n) is 4.05. The number of aliphatic hydroxyl groups is 1. The minimum atomic E-state index is -1.78. The molecular formula is C16H28O2Si. The molecule has 0 aliphatic heterocycles. The Morgan fingerprint density at radius 3 is 2.26 bits per heavy atom. The van der Waals surface area contributed by atoms with Crippen LogP contribution in [0.25, 0.3) is 0 Å². The first-order valence-electron chi connectivity index (χ1n) is 7.13. The summed E-state index contributed by atoms with van der Waals surface area (Å²) >= 11 is 0. The van der Waals surface area contributed by atoms with Crippen molar-refractivity contribution in [3.63, 3.8) is 0 Å². The number of hydrogen-bond donors (Lipinski definition) is 1. The first-order chi connectivity index (χ1) is 8.71. The minimum Gasteiger partial charge on any atom is -0.543 e. The largest absolute Gasteiger partial charge is 0.543 e. The lowest BCUT2D eigenvalue weighted by Crippen LogP contribution is -2.43. The molecule has 0 aliphatic rings. The summed E-state index contributed by atoms with van der Waals surface area (Å²) in [5.74, 6) is 0.951. The van der Waals surface area contributed by atoms with Crippen LogP contribution in [0.1, 0.15) is 45.2 Å². The van der Waals surface area contributed by atoms with Gasteiger partial charge in [0.2, 0.25) is 8.32 Å². The maximum absolute atomic E-state index is 9.37. The van der Waals surface area contributed by atoms with E-state index >= 15 is 0 Å². The molecule has 0 fully saturated rings. The van der Waals surface area contributed by atoms with Crippen molar-refractivity contribution in [2.45, 2.75) is 65.3 Å². The van der Waals surface area contributed by atoms with E-state index in [1.165, 1.54) is 5.56 Å². The second kappa shape index (κ2) is 6.10. The van der Waals surface area contributed by atoms with Gasteiger partial charge in [0.05, 0.1) is 6.61 Å². The van der Waals surface area contributed by atoms with E-state index in [-0.39, 0.29) is 11.6 Å². The van der Waals surface area contributed by atoms with Crippen molar-refractivity contribution < 1.29 is 9.53 Å². The Bertz CT molecular complexity index is 419. The molecule has 0 aliphatic carbocycles. The number of rotatable bonds is 5. The fraction of sp³-hybridized carbons (Fsp3) is 0.625. The number of benzene rings is 1. The third kappa shape index (κ3) is 4.08. The summed E-state index contributed by atoms with van der Waals surface area (Å²) < 4.78 is 6.31. The van der Waals surface area contributed by atoms with Crippen LogP contribution in [0.15, 0.2) is 18.2 Å². The molecule has 19 heavy (non-hydrogen) atoms. The predicted octanol–water partition coefficient (Wildman–Crippen LogP) is 4.52. The van der Waals surface area contributed by atoms with E-state index in [1.807, 2.05) is 12.1 Å². The smallest absolute Gasteiger partial charge is 0.250 e. The van der Waals surface area contributed by atoms with E-state index in [1.54, 1.807) is 0 Å². The van der Waals surface area contributed by atoms with Gasteiger partial charge in [-0.15, -0.1) is 0 Å². The van der Waals surface area contributed by atoms with E-state index in [0.29, 0.717) is 0 Å². The first kappa shape index (κ1) is 16.3. The molecule has 2 nitrogen and oxygen atoms in total. The SMILES string of the molecule is CCCc1cc(O[Si](C)(C)C(C)(C)C)ccc1CO. The van der Waals surface area contributed by atoms with Crippen molar-refractivity contribution in [2.24, 2.45) is 0 Å². The minimum absolute atomic E-state index is 0.107. The number of aryl methyl sites for hydroxylation is 1. The molecule has 1 aromatic rings. The Morgan fingerprint density at radius 1 is 1.16 bits per heavy atom. The summed E-state index contributed by atoms with van der Waals surface area (Å²) in [6.45, 7) is 13.5. The molecule has 0 saturated heterocycles. The first-order valence-corrected chi connectivity index (χ1v) is 10.0. The molecule has 0 heterocycles. The molecule has 1 rings (SSSR count). The average Bonchev–Trinajstić information content (AvgIpc) is 2.28. The van der Waals surface area contributed by atoms with Crippen molar-refractivity contribution in [1.82, 2.24) is 0 Å². The Balaban J connectivity index is 3.00. The molecule has 1 aromatic carbocycles. The average molecular weight is 280 g/mol. The van der Waals surface area contributed by atoms with Gasteiger partial charge < -0.3 is 9.53 Å². The standard InChI is InChI=1S/C16H28O2Si/c1-7-8-13-11-15(10-9-14(13)12-17)18-19(5,6)16(2,3)4/h9-11,17H,7-8,12H2,1-6H3. The van der Waals surface area contributed by atoms with Crippen molar-refractivity contribution in [1.29, 1.82) is 0 Å². The highest BCUT2D eigenvalue weighted by Gasteiger charge is 2.38. The molecule has 0 radical (unpaired) electrons. The Labute approximate surface area is 118 Å². The van der Waals surface area contributed by atoms with Crippen LogP contribution in [0.3, 0.4) is 0 Å². The van der Waals surface area contributed by atoms with Crippen LogP contribution in [-0.4, -0.2) is 13.4 Å². The lowest BCUT2D eigenvalue weighted by molar-refractivity contribution is 0.280. The molecule has 0 spiro atoms. The van der Waals surface area contributed by atoms with Crippen LogP contribution < -0.4 is 4.43 Å². The molecule has 0 aromatic heterocycles. The zero-order valence-electron chi connectivity index (χ0n) is 13.2. The van der Waals surface area contributed by atoms with Gasteiger partial charge in [0.25, 0.3) is 0 Å². The second-order valence-electron chi connectivity index (χ2n) is 6.70. The predicted molar refractivity (Wildman–Crippen MR) is 84.2 cm³/mol. The van der Waals surface area contributed by atoms with Crippen LogP contribution >= 0.6 is 0 Å². The topological polar surface area (TPSA) is 29.5 Å². The highest BCUT2D eigenvalue weighted by Crippen LogP contribution is 2.37. The van der Waals surface area contributed by atoms with E-state index in [4.69, 9.17) is 4.43 Å². The molecule has 0 atom stereocenters. The van der Waals surface area contributed by atoms with E-state index in [9.17, 15) is 5.11 Å². The van der Waals surface area contributed by atoms with Crippen LogP contribution in [0, 0.1) is 0 Å². The van der Waals surface area contributed by atoms with Gasteiger partial charge in [-0.05, 0) is 47.8 Å². The van der Waals surface area contributed by atoms with Crippen molar-refractivity contribution >= 4 is 8.32 Å². The van der Waals surface area contributed by atoms with E-state index in [0.717, 1.165) is 24.2 Å². The summed E-state index contributed by atoms with van der Waals surface area (Å²) in [5, 5.41) is 9.57. The Hall–Kier alpha value is -0.803. The molecule has 0 bridgehead atoms. The van der Waals surface area contributed by atoms with Gasteiger partial charge >= 0.3 is 0 Å². The van der Waals surface area contributed by atoms with Crippen LogP contribution in [0.4, 0.5) is 0 Å². The van der Waals surface area contributed by atoms with E-state index in [2.05, 4.69) is 46.9 Å². The summed E-state index contributed by atoms with van der Waals surface area (Å²) in [7, 11) is -1.78. The van der Waals surface area contributed by atoms with Gasteiger partial charge in [-0.2, -0.15) is 0 Å². The molecule has 3 heteroatoms. The fourth-order valence-corrected chi connectivity index (χ4v) is 2.79. The van der Waals surface area contributed by atoms with E-state index < -0.39 is 8.32 Å². The fourth-order valence-electron chi connectivity index (χ4n) is 1.77. The van der Waals surface area contributed by atoms with Crippen LogP contribution in [-0.2, 0) is 13.0 Å². The quantitative estimate of drug-likeness (QED) is 0.804. The second-order valence-corrected chi connectivity index (χ2v) is 11.4. The Kier molecular flexibility index (Phi) is 5.22. The van der Waals surface area contributed by atoms with Gasteiger partial charge in [0, 0.05) is 0 Å². The maximum atomic E-state index is 9.37. The van der Waals surface area contributed by atoms with Gasteiger partial charge in [0.15, 0.2) is 0 Å². The zero-order chi connectivity index (χ0) is 14.7. The number of hydrogen-bond acceptors (Lipinski definition) is 2. The van der Waals surface area contributed by atoms with Gasteiger partial charge in [0.1, 0.15) is 5.75 Å². The zero-order valence-corrected chi connectivity index (χ0v) is 14.2. The highest BCUT2D eigenvalue weighted by atomic mass is 28.4. The molecule has 0 amide bonds. The summed E-state index contributed by atoms with van der Waals surface area (Å²) in [4.78, 5) is 0. The van der Waals surface area contributed by atoms with Crippen molar-refractivity contribution in [3.05, 3.63) is 29.3 Å². The van der Waals surface area contributed by atoms with Crippen molar-refractivity contribution in [2.75, 3.05) is 0 Å². The van der Waals surface area contributed by atoms with Crippen LogP contribution in [0.5, 0.6) is 5.75 Å². The molecule has 0 saturated carbocycles. The summed E-state index contributed by atoms with van der Waals surface area (Å²) in [5.41, 5.74) is 2.23. The lowest BCUT2D eigenvalue weighted by Gasteiger charge is -2.36. The normalized spacial score (nSPS) is 12.6. The molecular weight excluding hydrogens is 252 g/mol. The molecule has 1 N–H and O–H groups in total. The summed E-state index contributed by atoms with van der Waals surface area (Å²) in [6.07, 6.45) is 2.07. The lowest BCUT2D eigenvalue weighted by atomic mass is 10.0. The molecule has 108 valence electrons.